The predicted molar refractivity (Wildman–Crippen MR) is 62.3 cm³/mol. The number of rotatable bonds is 3. The minimum Gasteiger partial charge on any atom is -0.478 e. The molecule has 6 heteroatoms. The summed E-state index contributed by atoms with van der Waals surface area (Å²) in [5.74, 6) is -0.984. The molecule has 0 spiro atoms. The lowest BCUT2D eigenvalue weighted by Crippen LogP contribution is -2.04. The van der Waals surface area contributed by atoms with Crippen molar-refractivity contribution in [1.29, 1.82) is 0 Å². The standard InChI is InChI=1S/C11H10ClN3O2/c1-7-10(12)6-15(14-7)5-9-3-2-8(4-13-9)11(16)17/h2-4,6H,5H2,1H3,(H,16,17). The first-order valence-corrected chi connectivity index (χ1v) is 5.32. The molecule has 2 aromatic rings. The van der Waals surface area contributed by atoms with Crippen LogP contribution < -0.4 is 0 Å². The zero-order valence-electron chi connectivity index (χ0n) is 9.09. The van der Waals surface area contributed by atoms with Crippen molar-refractivity contribution in [1.82, 2.24) is 14.8 Å². The molecule has 17 heavy (non-hydrogen) atoms. The fourth-order valence-corrected chi connectivity index (χ4v) is 1.54. The van der Waals surface area contributed by atoms with Crippen LogP contribution in [-0.4, -0.2) is 25.8 Å². The smallest absolute Gasteiger partial charge is 0.337 e. The summed E-state index contributed by atoms with van der Waals surface area (Å²) < 4.78 is 1.67. The molecular weight excluding hydrogens is 242 g/mol. The first-order valence-electron chi connectivity index (χ1n) is 4.94. The normalized spacial score (nSPS) is 10.5. The molecule has 88 valence electrons. The van der Waals surface area contributed by atoms with Crippen molar-refractivity contribution in [3.8, 4) is 0 Å². The SMILES string of the molecule is Cc1nn(Cc2ccc(C(=O)O)cn2)cc1Cl. The molecule has 2 rings (SSSR count). The highest BCUT2D eigenvalue weighted by Gasteiger charge is 2.05. The molecule has 0 unspecified atom stereocenters. The molecule has 0 amide bonds. The maximum Gasteiger partial charge on any atom is 0.337 e. The van der Waals surface area contributed by atoms with Crippen molar-refractivity contribution >= 4 is 17.6 Å². The van der Waals surface area contributed by atoms with Crippen molar-refractivity contribution in [3.05, 3.63) is 46.5 Å². The largest absolute Gasteiger partial charge is 0.478 e. The lowest BCUT2D eigenvalue weighted by molar-refractivity contribution is 0.0696. The first kappa shape index (κ1) is 11.6. The molecule has 0 aromatic carbocycles. The van der Waals surface area contributed by atoms with E-state index in [0.717, 1.165) is 11.4 Å². The molecule has 0 bridgehead atoms. The maximum absolute atomic E-state index is 10.6. The second-order valence-electron chi connectivity index (χ2n) is 3.60. The van der Waals surface area contributed by atoms with Crippen LogP contribution >= 0.6 is 11.6 Å². The zero-order valence-corrected chi connectivity index (χ0v) is 9.85. The van der Waals surface area contributed by atoms with Crippen LogP contribution in [0.5, 0.6) is 0 Å². The highest BCUT2D eigenvalue weighted by atomic mass is 35.5. The molecule has 0 radical (unpaired) electrons. The summed E-state index contributed by atoms with van der Waals surface area (Å²) in [6, 6.07) is 3.18. The Hall–Kier alpha value is -1.88. The number of carboxylic acid groups (broad SMARTS) is 1. The summed E-state index contributed by atoms with van der Waals surface area (Å²) in [5, 5.41) is 13.5. The minimum absolute atomic E-state index is 0.170. The van der Waals surface area contributed by atoms with E-state index in [4.69, 9.17) is 16.7 Å². The van der Waals surface area contributed by atoms with Crippen molar-refractivity contribution in [2.24, 2.45) is 0 Å². The van der Waals surface area contributed by atoms with Crippen molar-refractivity contribution in [2.45, 2.75) is 13.5 Å². The second-order valence-corrected chi connectivity index (χ2v) is 4.01. The van der Waals surface area contributed by atoms with Crippen LogP contribution in [0.3, 0.4) is 0 Å². The maximum atomic E-state index is 10.6. The summed E-state index contributed by atoms with van der Waals surface area (Å²) in [5.41, 5.74) is 1.66. The highest BCUT2D eigenvalue weighted by molar-refractivity contribution is 6.31. The summed E-state index contributed by atoms with van der Waals surface area (Å²) in [7, 11) is 0. The van der Waals surface area contributed by atoms with Gasteiger partial charge in [0.1, 0.15) is 0 Å². The van der Waals surface area contributed by atoms with Crippen LogP contribution in [0.4, 0.5) is 0 Å². The van der Waals surface area contributed by atoms with Gasteiger partial charge in [-0.2, -0.15) is 5.10 Å². The van der Waals surface area contributed by atoms with E-state index in [0.29, 0.717) is 11.6 Å². The van der Waals surface area contributed by atoms with Gasteiger partial charge in [-0.3, -0.25) is 9.67 Å². The molecular formula is C11H10ClN3O2. The van der Waals surface area contributed by atoms with E-state index in [-0.39, 0.29) is 5.56 Å². The summed E-state index contributed by atoms with van der Waals surface area (Å²) in [4.78, 5) is 14.7. The van der Waals surface area contributed by atoms with Gasteiger partial charge in [-0.1, -0.05) is 11.6 Å². The Morgan fingerprint density at radius 2 is 2.29 bits per heavy atom. The van der Waals surface area contributed by atoms with Crippen molar-refractivity contribution in [3.63, 3.8) is 0 Å². The Labute approximate surface area is 103 Å². The van der Waals surface area contributed by atoms with Crippen molar-refractivity contribution in [2.75, 3.05) is 0 Å². The average molecular weight is 252 g/mol. The third-order valence-corrected chi connectivity index (χ3v) is 2.65. The molecule has 1 N–H and O–H groups in total. The average Bonchev–Trinajstić information content (AvgIpc) is 2.58. The summed E-state index contributed by atoms with van der Waals surface area (Å²) in [6.45, 7) is 2.28. The molecule has 0 aliphatic rings. The molecule has 0 saturated heterocycles. The number of carbonyl (C=O) groups is 1. The zero-order chi connectivity index (χ0) is 12.4. The Morgan fingerprint density at radius 1 is 1.53 bits per heavy atom. The Kier molecular flexibility index (Phi) is 3.10. The minimum atomic E-state index is -0.984. The van der Waals surface area contributed by atoms with E-state index in [1.54, 1.807) is 16.9 Å². The van der Waals surface area contributed by atoms with Gasteiger partial charge in [0, 0.05) is 12.4 Å². The predicted octanol–water partition coefficient (Wildman–Crippen LogP) is 1.99. The number of nitrogens with zero attached hydrogens (tertiary/aromatic N) is 3. The van der Waals surface area contributed by atoms with Crippen LogP contribution in [0.25, 0.3) is 0 Å². The molecule has 0 fully saturated rings. The number of halogens is 1. The molecule has 2 aromatic heterocycles. The first-order chi connectivity index (χ1) is 8.06. The van der Waals surface area contributed by atoms with Crippen LogP contribution in [0.15, 0.2) is 24.5 Å². The van der Waals surface area contributed by atoms with Gasteiger partial charge < -0.3 is 5.11 Å². The van der Waals surface area contributed by atoms with Gasteiger partial charge in [0.15, 0.2) is 0 Å². The fourth-order valence-electron chi connectivity index (χ4n) is 1.39. The van der Waals surface area contributed by atoms with Gasteiger partial charge in [-0.25, -0.2) is 4.79 Å². The van der Waals surface area contributed by atoms with Gasteiger partial charge in [-0.15, -0.1) is 0 Å². The highest BCUT2D eigenvalue weighted by Crippen LogP contribution is 2.13. The number of pyridine rings is 1. The summed E-state index contributed by atoms with van der Waals surface area (Å²) >= 11 is 5.88. The molecule has 0 saturated carbocycles. The lowest BCUT2D eigenvalue weighted by atomic mass is 10.2. The van der Waals surface area contributed by atoms with E-state index >= 15 is 0 Å². The molecule has 0 atom stereocenters. The Bertz CT molecular complexity index is 529. The Balaban J connectivity index is 2.16. The topological polar surface area (TPSA) is 68.0 Å². The van der Waals surface area contributed by atoms with E-state index in [1.807, 2.05) is 6.92 Å². The fraction of sp³-hybridized carbons (Fsp3) is 0.182. The van der Waals surface area contributed by atoms with Gasteiger partial charge in [0.2, 0.25) is 0 Å². The number of carboxylic acids is 1. The van der Waals surface area contributed by atoms with Crippen LogP contribution in [0.2, 0.25) is 5.02 Å². The quantitative estimate of drug-likeness (QED) is 0.906. The molecule has 5 nitrogen and oxygen atoms in total. The van der Waals surface area contributed by atoms with Gasteiger partial charge >= 0.3 is 5.97 Å². The van der Waals surface area contributed by atoms with Crippen LogP contribution in [0, 0.1) is 6.92 Å². The molecule has 0 aliphatic heterocycles. The third-order valence-electron chi connectivity index (χ3n) is 2.28. The Morgan fingerprint density at radius 3 is 2.76 bits per heavy atom. The van der Waals surface area contributed by atoms with Gasteiger partial charge in [0.05, 0.1) is 28.5 Å². The molecule has 0 aliphatic carbocycles. The van der Waals surface area contributed by atoms with Crippen molar-refractivity contribution < 1.29 is 9.90 Å². The van der Waals surface area contributed by atoms with E-state index in [2.05, 4.69) is 10.1 Å². The van der Waals surface area contributed by atoms with E-state index < -0.39 is 5.97 Å². The second kappa shape index (κ2) is 4.55. The number of aromatic carboxylic acids is 1. The van der Waals surface area contributed by atoms with E-state index in [1.165, 1.54) is 12.3 Å². The number of aromatic nitrogens is 3. The number of aryl methyl sites for hydroxylation is 1. The number of hydrogen-bond donors (Lipinski definition) is 1. The number of hydrogen-bond acceptors (Lipinski definition) is 3. The lowest BCUT2D eigenvalue weighted by Gasteiger charge is -2.01. The monoisotopic (exact) mass is 251 g/mol. The van der Waals surface area contributed by atoms with E-state index in [9.17, 15) is 4.79 Å². The van der Waals surface area contributed by atoms with Gasteiger partial charge in [-0.05, 0) is 19.1 Å². The van der Waals surface area contributed by atoms with Gasteiger partial charge in [0.25, 0.3) is 0 Å². The van der Waals surface area contributed by atoms with Crippen LogP contribution in [0.1, 0.15) is 21.7 Å². The molecule has 2 heterocycles. The third kappa shape index (κ3) is 2.62. The van der Waals surface area contributed by atoms with Crippen LogP contribution in [-0.2, 0) is 6.54 Å². The summed E-state index contributed by atoms with van der Waals surface area (Å²) in [6.07, 6.45) is 3.04.